The Labute approximate surface area is 144 Å². The number of nitrogens with one attached hydrogen (secondary N) is 2. The number of carbonyl (C=O) groups excluding carboxylic acids is 2. The molecule has 1 unspecified atom stereocenters. The molecule has 2 aromatic rings. The van der Waals surface area contributed by atoms with Gasteiger partial charge in [0.2, 0.25) is 0 Å². The molecule has 0 bridgehead atoms. The predicted molar refractivity (Wildman–Crippen MR) is 93.4 cm³/mol. The predicted octanol–water partition coefficient (Wildman–Crippen LogP) is 2.76. The van der Waals surface area contributed by atoms with Gasteiger partial charge in [-0.3, -0.25) is 9.59 Å². The minimum Gasteiger partial charge on any atom is -0.459 e. The second-order valence-electron chi connectivity index (χ2n) is 6.40. The molecule has 2 heterocycles. The summed E-state index contributed by atoms with van der Waals surface area (Å²) in [6, 6.07) is 5.03. The van der Waals surface area contributed by atoms with Crippen LogP contribution in [0.3, 0.4) is 0 Å². The second-order valence-corrected chi connectivity index (χ2v) is 7.46. The van der Waals surface area contributed by atoms with Crippen molar-refractivity contribution in [1.82, 2.24) is 5.32 Å². The van der Waals surface area contributed by atoms with Gasteiger partial charge in [-0.2, -0.15) is 0 Å². The molecule has 0 aliphatic heterocycles. The Morgan fingerprint density at radius 1 is 1.42 bits per heavy atom. The lowest BCUT2D eigenvalue weighted by atomic mass is 9.96. The maximum atomic E-state index is 12.6. The first kappa shape index (κ1) is 16.7. The fourth-order valence-electron chi connectivity index (χ4n) is 2.71. The zero-order chi connectivity index (χ0) is 17.3. The molecule has 7 heteroatoms. The molecule has 1 atom stereocenters. The van der Waals surface area contributed by atoms with Crippen LogP contribution in [0.25, 0.3) is 0 Å². The number of hydrogen-bond donors (Lipinski definition) is 3. The van der Waals surface area contributed by atoms with Gasteiger partial charge in [-0.05, 0) is 56.4 Å². The van der Waals surface area contributed by atoms with Crippen molar-refractivity contribution in [3.63, 3.8) is 0 Å². The number of furan rings is 1. The van der Waals surface area contributed by atoms with Gasteiger partial charge in [0.05, 0.1) is 21.7 Å². The minimum absolute atomic E-state index is 0.143. The van der Waals surface area contributed by atoms with E-state index in [0.717, 1.165) is 18.4 Å². The lowest BCUT2D eigenvalue weighted by Crippen LogP contribution is -2.53. The van der Waals surface area contributed by atoms with E-state index in [1.165, 1.54) is 17.6 Å². The molecule has 6 nitrogen and oxygen atoms in total. The van der Waals surface area contributed by atoms with Crippen LogP contribution in [0.5, 0.6) is 0 Å². The van der Waals surface area contributed by atoms with Crippen LogP contribution in [0.1, 0.15) is 45.6 Å². The summed E-state index contributed by atoms with van der Waals surface area (Å²) in [7, 11) is 0. The molecule has 128 valence electrons. The Hall–Kier alpha value is -2.12. The molecule has 1 aliphatic carbocycles. The molecule has 1 aliphatic rings. The van der Waals surface area contributed by atoms with Crippen LogP contribution in [0.2, 0.25) is 0 Å². The summed E-state index contributed by atoms with van der Waals surface area (Å²) in [6.45, 7) is 4.26. The molecule has 3 rings (SSSR count). The lowest BCUT2D eigenvalue weighted by molar-refractivity contribution is 0.0900. The second kappa shape index (κ2) is 6.41. The number of hydrogen-bond acceptors (Lipinski definition) is 5. The Bertz CT molecular complexity index is 749. The van der Waals surface area contributed by atoms with E-state index in [1.54, 1.807) is 18.2 Å². The van der Waals surface area contributed by atoms with Crippen LogP contribution >= 0.6 is 11.3 Å². The van der Waals surface area contributed by atoms with E-state index in [0.29, 0.717) is 22.3 Å². The van der Waals surface area contributed by atoms with E-state index in [2.05, 4.69) is 10.6 Å². The van der Waals surface area contributed by atoms with Gasteiger partial charge in [-0.25, -0.2) is 0 Å². The molecule has 0 aromatic carbocycles. The number of rotatable bonds is 6. The first-order valence-corrected chi connectivity index (χ1v) is 8.72. The zero-order valence-electron chi connectivity index (χ0n) is 13.7. The van der Waals surface area contributed by atoms with Gasteiger partial charge in [0, 0.05) is 6.54 Å². The molecule has 1 saturated carbocycles. The number of aryl methyl sites for hydroxylation is 1. The highest BCUT2D eigenvalue weighted by Crippen LogP contribution is 2.39. The number of carbonyl (C=O) groups is 2. The van der Waals surface area contributed by atoms with Crippen LogP contribution in [-0.2, 0) is 0 Å². The van der Waals surface area contributed by atoms with E-state index in [4.69, 9.17) is 10.2 Å². The quantitative estimate of drug-likeness (QED) is 0.748. The van der Waals surface area contributed by atoms with Crippen molar-refractivity contribution in [1.29, 1.82) is 0 Å². The summed E-state index contributed by atoms with van der Waals surface area (Å²) in [6.07, 6.45) is 3.64. The van der Waals surface area contributed by atoms with Crippen molar-refractivity contribution in [2.75, 3.05) is 11.9 Å². The summed E-state index contributed by atoms with van der Waals surface area (Å²) in [5.74, 6) is 0.204. The topological polar surface area (TPSA) is 97.4 Å². The Balaban J connectivity index is 1.71. The van der Waals surface area contributed by atoms with Gasteiger partial charge < -0.3 is 20.8 Å². The van der Waals surface area contributed by atoms with Crippen LogP contribution in [0, 0.1) is 12.8 Å². The van der Waals surface area contributed by atoms with Gasteiger partial charge in [-0.15, -0.1) is 11.3 Å². The van der Waals surface area contributed by atoms with Crippen LogP contribution in [0.15, 0.2) is 28.9 Å². The lowest BCUT2D eigenvalue weighted by Gasteiger charge is -2.29. The Kier molecular flexibility index (Phi) is 4.47. The van der Waals surface area contributed by atoms with Gasteiger partial charge in [-0.1, -0.05) is 0 Å². The highest BCUT2D eigenvalue weighted by atomic mass is 32.1. The number of thiophene rings is 1. The average Bonchev–Trinajstić information content (AvgIpc) is 3.14. The molecule has 0 saturated heterocycles. The van der Waals surface area contributed by atoms with Crippen LogP contribution in [0.4, 0.5) is 5.00 Å². The summed E-state index contributed by atoms with van der Waals surface area (Å²) < 4.78 is 5.07. The van der Waals surface area contributed by atoms with E-state index in [1.807, 2.05) is 13.8 Å². The molecule has 24 heavy (non-hydrogen) atoms. The van der Waals surface area contributed by atoms with Crippen LogP contribution < -0.4 is 16.4 Å². The third-order valence-electron chi connectivity index (χ3n) is 4.41. The maximum absolute atomic E-state index is 12.6. The van der Waals surface area contributed by atoms with Crippen molar-refractivity contribution in [2.24, 2.45) is 11.7 Å². The number of nitrogens with two attached hydrogens (primary N) is 1. The Morgan fingerprint density at radius 3 is 2.75 bits per heavy atom. The van der Waals surface area contributed by atoms with Gasteiger partial charge >= 0.3 is 0 Å². The van der Waals surface area contributed by atoms with E-state index >= 15 is 0 Å². The van der Waals surface area contributed by atoms with E-state index in [9.17, 15) is 9.59 Å². The van der Waals surface area contributed by atoms with Gasteiger partial charge in [0.25, 0.3) is 11.8 Å². The highest BCUT2D eigenvalue weighted by Gasteiger charge is 2.42. The van der Waals surface area contributed by atoms with E-state index < -0.39 is 0 Å². The summed E-state index contributed by atoms with van der Waals surface area (Å²) in [4.78, 5) is 25.2. The van der Waals surface area contributed by atoms with Crippen LogP contribution in [-0.4, -0.2) is 23.9 Å². The molecule has 2 amide bonds. The largest absolute Gasteiger partial charge is 0.459 e. The molecule has 0 radical (unpaired) electrons. The average molecular weight is 347 g/mol. The smallest absolute Gasteiger partial charge is 0.291 e. The van der Waals surface area contributed by atoms with Crippen molar-refractivity contribution in [3.8, 4) is 0 Å². The third-order valence-corrected chi connectivity index (χ3v) is 5.56. The van der Waals surface area contributed by atoms with Crippen molar-refractivity contribution in [3.05, 3.63) is 40.7 Å². The van der Waals surface area contributed by atoms with E-state index in [-0.39, 0.29) is 23.1 Å². The fourth-order valence-corrected chi connectivity index (χ4v) is 3.67. The molecule has 4 N–H and O–H groups in total. The molecule has 2 aromatic heterocycles. The number of anilines is 1. The van der Waals surface area contributed by atoms with Gasteiger partial charge in [0.1, 0.15) is 0 Å². The van der Waals surface area contributed by atoms with Gasteiger partial charge in [0.15, 0.2) is 5.76 Å². The third kappa shape index (κ3) is 3.37. The molecular weight excluding hydrogens is 326 g/mol. The van der Waals surface area contributed by atoms with Crippen molar-refractivity contribution >= 4 is 28.2 Å². The zero-order valence-corrected chi connectivity index (χ0v) is 14.5. The molecular formula is C17H21N3O3S. The standard InChI is InChI=1S/C17H21N3O3S/c1-10-8-13(19-15(21)12-4-3-7-23-12)24-14(10)16(22)20-17(2,9-18)11-5-6-11/h3-4,7-8,11H,5-6,9,18H2,1-2H3,(H,19,21)(H,20,22). The minimum atomic E-state index is -0.370. The summed E-state index contributed by atoms with van der Waals surface area (Å²) in [5.41, 5.74) is 6.31. The normalized spacial score (nSPS) is 16.5. The van der Waals surface area contributed by atoms with Crippen molar-refractivity contribution in [2.45, 2.75) is 32.2 Å². The summed E-state index contributed by atoms with van der Waals surface area (Å²) in [5, 5.41) is 6.44. The fraction of sp³-hybridized carbons (Fsp3) is 0.412. The monoisotopic (exact) mass is 347 g/mol. The maximum Gasteiger partial charge on any atom is 0.291 e. The number of amides is 2. The highest BCUT2D eigenvalue weighted by molar-refractivity contribution is 7.18. The SMILES string of the molecule is Cc1cc(NC(=O)c2ccco2)sc1C(=O)NC(C)(CN)C1CC1. The molecule has 1 fully saturated rings. The summed E-state index contributed by atoms with van der Waals surface area (Å²) >= 11 is 1.25. The first-order valence-electron chi connectivity index (χ1n) is 7.91. The molecule has 0 spiro atoms. The Morgan fingerprint density at radius 2 is 2.17 bits per heavy atom. The first-order chi connectivity index (χ1) is 11.4. The van der Waals surface area contributed by atoms with Crippen molar-refractivity contribution < 1.29 is 14.0 Å².